The van der Waals surface area contributed by atoms with E-state index in [1.54, 1.807) is 49.6 Å². The fourth-order valence-electron chi connectivity index (χ4n) is 3.01. The normalized spacial score (nSPS) is 11.2. The van der Waals surface area contributed by atoms with E-state index in [0.29, 0.717) is 34.0 Å². The van der Waals surface area contributed by atoms with Crippen LogP contribution in [0.15, 0.2) is 73.1 Å². The van der Waals surface area contributed by atoms with Crippen LogP contribution in [0.25, 0.3) is 10.9 Å². The van der Waals surface area contributed by atoms with Gasteiger partial charge in [-0.2, -0.15) is 13.2 Å². The number of hydrogen-bond donors (Lipinski definition) is 2. The van der Waals surface area contributed by atoms with Crippen LogP contribution in [0.3, 0.4) is 0 Å². The zero-order valence-electron chi connectivity index (χ0n) is 17.2. The first-order chi connectivity index (χ1) is 15.8. The van der Waals surface area contributed by atoms with E-state index in [0.717, 1.165) is 12.1 Å². The third-order valence-electron chi connectivity index (χ3n) is 4.58. The Bertz CT molecular complexity index is 1290. The number of carbonyl (C=O) groups excluding carboxylic acids is 1. The smallest absolute Gasteiger partial charge is 0.416 e. The molecule has 168 valence electrons. The minimum absolute atomic E-state index is 0.0216. The van der Waals surface area contributed by atoms with E-state index in [4.69, 9.17) is 9.47 Å². The van der Waals surface area contributed by atoms with Gasteiger partial charge in [-0.3, -0.25) is 0 Å². The third-order valence-corrected chi connectivity index (χ3v) is 4.58. The molecule has 4 aromatic rings. The first-order valence-electron chi connectivity index (χ1n) is 9.64. The summed E-state index contributed by atoms with van der Waals surface area (Å²) in [5, 5.41) is 5.60. The van der Waals surface area contributed by atoms with Gasteiger partial charge in [-0.25, -0.2) is 14.8 Å². The van der Waals surface area contributed by atoms with E-state index in [1.807, 2.05) is 0 Å². The summed E-state index contributed by atoms with van der Waals surface area (Å²) < 4.78 is 49.5. The predicted molar refractivity (Wildman–Crippen MR) is 117 cm³/mol. The van der Waals surface area contributed by atoms with E-state index >= 15 is 0 Å². The number of ether oxygens (including phenoxy) is 2. The van der Waals surface area contributed by atoms with Crippen LogP contribution in [0.5, 0.6) is 17.4 Å². The lowest BCUT2D eigenvalue weighted by Gasteiger charge is -2.11. The van der Waals surface area contributed by atoms with Gasteiger partial charge in [0.15, 0.2) is 0 Å². The fourth-order valence-corrected chi connectivity index (χ4v) is 3.01. The van der Waals surface area contributed by atoms with Gasteiger partial charge in [0.05, 0.1) is 23.6 Å². The molecule has 0 aliphatic carbocycles. The van der Waals surface area contributed by atoms with Gasteiger partial charge in [0.2, 0.25) is 5.88 Å². The third kappa shape index (κ3) is 5.29. The standard InChI is InChI=1S/C23H17F3N4O3/c1-32-18-9-10-20-19(12-18)21(28-13-27-20)33-17-7-5-15(6-8-17)29-22(31)30-16-4-2-3-14(11-16)23(24,25)26/h2-13H,1H3,(H2,29,30,31). The number of anilines is 2. The molecule has 0 atom stereocenters. The lowest BCUT2D eigenvalue weighted by atomic mass is 10.2. The Morgan fingerprint density at radius 3 is 2.33 bits per heavy atom. The molecule has 0 saturated heterocycles. The van der Waals surface area contributed by atoms with Crippen LogP contribution >= 0.6 is 0 Å². The SMILES string of the molecule is COc1ccc2ncnc(Oc3ccc(NC(=O)Nc4cccc(C(F)(F)F)c4)cc3)c2c1. The summed E-state index contributed by atoms with van der Waals surface area (Å²) in [6, 6.07) is 15.4. The largest absolute Gasteiger partial charge is 0.497 e. The highest BCUT2D eigenvalue weighted by atomic mass is 19.4. The van der Waals surface area contributed by atoms with Crippen molar-refractivity contribution in [2.24, 2.45) is 0 Å². The van der Waals surface area contributed by atoms with Crippen molar-refractivity contribution in [1.82, 2.24) is 9.97 Å². The second-order valence-corrected chi connectivity index (χ2v) is 6.85. The summed E-state index contributed by atoms with van der Waals surface area (Å²) in [4.78, 5) is 20.5. The molecule has 7 nitrogen and oxygen atoms in total. The molecule has 0 aliphatic rings. The van der Waals surface area contributed by atoms with E-state index < -0.39 is 17.8 Å². The molecular weight excluding hydrogens is 437 g/mol. The number of nitrogens with one attached hydrogen (secondary N) is 2. The van der Waals surface area contributed by atoms with Crippen LogP contribution in [-0.2, 0) is 6.18 Å². The number of urea groups is 1. The Balaban J connectivity index is 1.43. The summed E-state index contributed by atoms with van der Waals surface area (Å²) in [6.07, 6.45) is -3.11. The van der Waals surface area contributed by atoms with E-state index in [1.165, 1.54) is 18.5 Å². The van der Waals surface area contributed by atoms with Gasteiger partial charge in [-0.05, 0) is 60.7 Å². The number of fused-ring (bicyclic) bond motifs is 1. The van der Waals surface area contributed by atoms with Crippen molar-refractivity contribution in [2.45, 2.75) is 6.18 Å². The van der Waals surface area contributed by atoms with Gasteiger partial charge in [0, 0.05) is 11.4 Å². The number of alkyl halides is 3. The van der Waals surface area contributed by atoms with Crippen LogP contribution < -0.4 is 20.1 Å². The Morgan fingerprint density at radius 1 is 0.879 bits per heavy atom. The average Bonchev–Trinajstić information content (AvgIpc) is 2.80. The molecule has 2 N–H and O–H groups in total. The number of rotatable bonds is 5. The molecule has 4 rings (SSSR count). The molecule has 0 unspecified atom stereocenters. The van der Waals surface area contributed by atoms with Crippen molar-refractivity contribution in [3.05, 3.63) is 78.6 Å². The number of amides is 2. The average molecular weight is 454 g/mol. The van der Waals surface area contributed by atoms with Gasteiger partial charge >= 0.3 is 12.2 Å². The van der Waals surface area contributed by atoms with Crippen LogP contribution in [0.1, 0.15) is 5.56 Å². The lowest BCUT2D eigenvalue weighted by molar-refractivity contribution is -0.137. The molecule has 0 bridgehead atoms. The van der Waals surface area contributed by atoms with E-state index in [9.17, 15) is 18.0 Å². The maximum Gasteiger partial charge on any atom is 0.416 e. The summed E-state index contributed by atoms with van der Waals surface area (Å²) in [5.41, 5.74) is 0.274. The van der Waals surface area contributed by atoms with Crippen molar-refractivity contribution >= 4 is 28.3 Å². The molecule has 3 aromatic carbocycles. The first kappa shape index (κ1) is 21.9. The van der Waals surface area contributed by atoms with Gasteiger partial charge in [0.25, 0.3) is 0 Å². The van der Waals surface area contributed by atoms with Crippen LogP contribution in [0.4, 0.5) is 29.3 Å². The number of aromatic nitrogens is 2. The number of methoxy groups -OCH3 is 1. The van der Waals surface area contributed by atoms with E-state index in [2.05, 4.69) is 20.6 Å². The Morgan fingerprint density at radius 2 is 1.61 bits per heavy atom. The van der Waals surface area contributed by atoms with Crippen molar-refractivity contribution in [3.8, 4) is 17.4 Å². The highest BCUT2D eigenvalue weighted by molar-refractivity contribution is 5.99. The minimum Gasteiger partial charge on any atom is -0.497 e. The molecule has 0 spiro atoms. The zero-order chi connectivity index (χ0) is 23.4. The first-order valence-corrected chi connectivity index (χ1v) is 9.64. The summed E-state index contributed by atoms with van der Waals surface area (Å²) in [5.74, 6) is 1.43. The molecule has 10 heteroatoms. The molecule has 0 saturated carbocycles. The number of carbonyl (C=O) groups is 1. The number of halogens is 3. The predicted octanol–water partition coefficient (Wildman–Crippen LogP) is 6.09. The Hall–Kier alpha value is -4.34. The summed E-state index contributed by atoms with van der Waals surface area (Å²) >= 11 is 0. The van der Waals surface area contributed by atoms with Crippen LogP contribution in [0, 0.1) is 0 Å². The summed E-state index contributed by atoms with van der Waals surface area (Å²) in [7, 11) is 1.56. The molecule has 33 heavy (non-hydrogen) atoms. The van der Waals surface area contributed by atoms with Gasteiger partial charge in [0.1, 0.15) is 17.8 Å². The van der Waals surface area contributed by atoms with Gasteiger partial charge in [-0.1, -0.05) is 6.07 Å². The Kier molecular flexibility index (Phi) is 5.99. The molecule has 0 fully saturated rings. The van der Waals surface area contributed by atoms with Crippen molar-refractivity contribution in [2.75, 3.05) is 17.7 Å². The maximum atomic E-state index is 12.8. The molecular formula is C23H17F3N4O3. The Labute approximate surface area is 186 Å². The lowest BCUT2D eigenvalue weighted by Crippen LogP contribution is -2.19. The topological polar surface area (TPSA) is 85.4 Å². The number of hydrogen-bond acceptors (Lipinski definition) is 5. The van der Waals surface area contributed by atoms with Crippen LogP contribution in [0.2, 0.25) is 0 Å². The quantitative estimate of drug-likeness (QED) is 0.381. The number of nitrogens with zero attached hydrogens (tertiary/aromatic N) is 2. The second-order valence-electron chi connectivity index (χ2n) is 6.85. The highest BCUT2D eigenvalue weighted by Crippen LogP contribution is 2.31. The molecule has 2 amide bonds. The molecule has 0 radical (unpaired) electrons. The highest BCUT2D eigenvalue weighted by Gasteiger charge is 2.30. The minimum atomic E-state index is -4.50. The molecule has 1 heterocycles. The monoisotopic (exact) mass is 454 g/mol. The number of benzene rings is 3. The van der Waals surface area contributed by atoms with Crippen LogP contribution in [-0.4, -0.2) is 23.1 Å². The molecule has 0 aliphatic heterocycles. The fraction of sp³-hybridized carbons (Fsp3) is 0.0870. The maximum absolute atomic E-state index is 12.8. The summed E-state index contributed by atoms with van der Waals surface area (Å²) in [6.45, 7) is 0. The second kappa shape index (κ2) is 9.03. The van der Waals surface area contributed by atoms with Crippen molar-refractivity contribution in [1.29, 1.82) is 0 Å². The van der Waals surface area contributed by atoms with Crippen molar-refractivity contribution in [3.63, 3.8) is 0 Å². The van der Waals surface area contributed by atoms with Gasteiger partial charge < -0.3 is 20.1 Å². The molecule has 1 aromatic heterocycles. The van der Waals surface area contributed by atoms with Crippen molar-refractivity contribution < 1.29 is 27.4 Å². The zero-order valence-corrected chi connectivity index (χ0v) is 17.2. The van der Waals surface area contributed by atoms with E-state index in [-0.39, 0.29) is 5.69 Å². The van der Waals surface area contributed by atoms with Gasteiger partial charge in [-0.15, -0.1) is 0 Å².